The number of nitrogens with one attached hydrogen (secondary N) is 1. The van der Waals surface area contributed by atoms with Gasteiger partial charge in [0.1, 0.15) is 11.2 Å². The molecule has 0 saturated heterocycles. The van der Waals surface area contributed by atoms with E-state index in [0.29, 0.717) is 31.8 Å². The lowest BCUT2D eigenvalue weighted by atomic mass is 9.93. The molecule has 162 valence electrons. The standard InChI is InChI=1S/C24H33N3O3/c1-24(23(29)25-19-11-5-3-4-6-12-19)17-26-20-13-8-7-10-18(20)16-21(26)22(28)27(24)14-9-15-30-2/h7-8,10,13,16,19H,3-6,9,11-12,14-15,17H2,1-2H3,(H,25,29)/t24-/m1/s1. The maximum Gasteiger partial charge on any atom is 0.271 e. The molecule has 0 bridgehead atoms. The van der Waals surface area contributed by atoms with Gasteiger partial charge in [-0.05, 0) is 38.3 Å². The third-order valence-electron chi connectivity index (χ3n) is 6.75. The molecule has 1 N–H and O–H groups in total. The molecular formula is C24H33N3O3. The Kier molecular flexibility index (Phi) is 6.14. The average Bonchev–Trinajstić information content (AvgIpc) is 2.91. The van der Waals surface area contributed by atoms with Crippen LogP contribution in [0.2, 0.25) is 0 Å². The van der Waals surface area contributed by atoms with Crippen molar-refractivity contribution in [3.63, 3.8) is 0 Å². The van der Waals surface area contributed by atoms with Crippen LogP contribution in [0.15, 0.2) is 30.3 Å². The number of rotatable bonds is 6. The van der Waals surface area contributed by atoms with Crippen LogP contribution < -0.4 is 5.32 Å². The van der Waals surface area contributed by atoms with Crippen molar-refractivity contribution in [2.24, 2.45) is 0 Å². The molecular weight excluding hydrogens is 378 g/mol. The normalized spacial score (nSPS) is 22.7. The zero-order valence-corrected chi connectivity index (χ0v) is 18.2. The fourth-order valence-electron chi connectivity index (χ4n) is 4.99. The molecule has 1 aliphatic carbocycles. The van der Waals surface area contributed by atoms with Gasteiger partial charge in [0.25, 0.3) is 5.91 Å². The van der Waals surface area contributed by atoms with Crippen LogP contribution in [0.3, 0.4) is 0 Å². The predicted molar refractivity (Wildman–Crippen MR) is 118 cm³/mol. The van der Waals surface area contributed by atoms with E-state index in [9.17, 15) is 9.59 Å². The molecule has 2 aliphatic rings. The molecule has 1 atom stereocenters. The molecule has 0 radical (unpaired) electrons. The smallest absolute Gasteiger partial charge is 0.271 e. The fraction of sp³-hybridized carbons (Fsp3) is 0.583. The zero-order valence-electron chi connectivity index (χ0n) is 18.2. The SMILES string of the molecule is COCCCN1C(=O)c2cc3ccccc3n2C[C@]1(C)C(=O)NC1CCCCCC1. The van der Waals surface area contributed by atoms with Crippen LogP contribution in [0, 0.1) is 0 Å². The number of hydrogen-bond donors (Lipinski definition) is 1. The lowest BCUT2D eigenvalue weighted by molar-refractivity contribution is -0.133. The molecule has 1 aromatic carbocycles. The zero-order chi connectivity index (χ0) is 21.1. The third-order valence-corrected chi connectivity index (χ3v) is 6.75. The Bertz CT molecular complexity index is 914. The summed E-state index contributed by atoms with van der Waals surface area (Å²) >= 11 is 0. The molecule has 1 aromatic heterocycles. The van der Waals surface area contributed by atoms with Crippen molar-refractivity contribution in [2.45, 2.75) is 70.0 Å². The van der Waals surface area contributed by atoms with Gasteiger partial charge in [0, 0.05) is 37.2 Å². The van der Waals surface area contributed by atoms with Gasteiger partial charge in [-0.15, -0.1) is 0 Å². The number of carbonyl (C=O) groups is 2. The number of methoxy groups -OCH3 is 1. The van der Waals surface area contributed by atoms with Crippen molar-refractivity contribution in [2.75, 3.05) is 20.3 Å². The first-order valence-electron chi connectivity index (χ1n) is 11.2. The number of amides is 2. The summed E-state index contributed by atoms with van der Waals surface area (Å²) in [5, 5.41) is 4.34. The second-order valence-corrected chi connectivity index (χ2v) is 8.91. The van der Waals surface area contributed by atoms with Gasteiger partial charge >= 0.3 is 0 Å². The minimum atomic E-state index is -0.925. The fourth-order valence-corrected chi connectivity index (χ4v) is 4.99. The lowest BCUT2D eigenvalue weighted by Gasteiger charge is -2.44. The number of carbonyl (C=O) groups excluding carboxylic acids is 2. The summed E-state index contributed by atoms with van der Waals surface area (Å²) in [6.07, 6.45) is 7.55. The summed E-state index contributed by atoms with van der Waals surface area (Å²) in [4.78, 5) is 28.9. The largest absolute Gasteiger partial charge is 0.385 e. The van der Waals surface area contributed by atoms with Crippen LogP contribution in [0.5, 0.6) is 0 Å². The van der Waals surface area contributed by atoms with Crippen LogP contribution in [0.4, 0.5) is 0 Å². The van der Waals surface area contributed by atoms with Crippen LogP contribution >= 0.6 is 0 Å². The highest BCUT2D eigenvalue weighted by molar-refractivity contribution is 6.03. The second kappa shape index (κ2) is 8.80. The highest BCUT2D eigenvalue weighted by Crippen LogP contribution is 2.33. The van der Waals surface area contributed by atoms with E-state index in [1.54, 1.807) is 12.0 Å². The van der Waals surface area contributed by atoms with E-state index < -0.39 is 5.54 Å². The van der Waals surface area contributed by atoms with E-state index in [1.807, 2.05) is 41.8 Å². The van der Waals surface area contributed by atoms with Gasteiger partial charge in [-0.1, -0.05) is 43.9 Å². The number of fused-ring (bicyclic) bond motifs is 3. The Hall–Kier alpha value is -2.34. The van der Waals surface area contributed by atoms with Crippen LogP contribution in [-0.4, -0.2) is 53.1 Å². The van der Waals surface area contributed by atoms with Gasteiger partial charge in [0.15, 0.2) is 0 Å². The molecule has 2 heterocycles. The molecule has 2 amide bonds. The first-order chi connectivity index (χ1) is 14.5. The Morgan fingerprint density at radius 1 is 1.20 bits per heavy atom. The van der Waals surface area contributed by atoms with Gasteiger partial charge in [-0.2, -0.15) is 0 Å². The Balaban J connectivity index is 1.66. The van der Waals surface area contributed by atoms with Crippen LogP contribution in [-0.2, 0) is 16.1 Å². The van der Waals surface area contributed by atoms with Crippen LogP contribution in [0.25, 0.3) is 10.9 Å². The van der Waals surface area contributed by atoms with Crippen molar-refractivity contribution in [1.29, 1.82) is 0 Å². The minimum Gasteiger partial charge on any atom is -0.385 e. The van der Waals surface area contributed by atoms with Crippen molar-refractivity contribution in [3.8, 4) is 0 Å². The molecule has 0 spiro atoms. The summed E-state index contributed by atoms with van der Waals surface area (Å²) in [7, 11) is 1.66. The molecule has 4 rings (SSSR count). The molecule has 2 aromatic rings. The molecule has 0 unspecified atom stereocenters. The summed E-state index contributed by atoms with van der Waals surface area (Å²) in [6.45, 7) is 3.45. The molecule has 1 fully saturated rings. The quantitative estimate of drug-likeness (QED) is 0.582. The lowest BCUT2D eigenvalue weighted by Crippen LogP contribution is -2.65. The summed E-state index contributed by atoms with van der Waals surface area (Å²) in [6, 6.07) is 10.2. The Labute approximate surface area is 178 Å². The molecule has 1 aliphatic heterocycles. The molecule has 1 saturated carbocycles. The third kappa shape index (κ3) is 3.85. The highest BCUT2D eigenvalue weighted by Gasteiger charge is 2.47. The molecule has 6 nitrogen and oxygen atoms in total. The van der Waals surface area contributed by atoms with Gasteiger partial charge < -0.3 is 19.5 Å². The second-order valence-electron chi connectivity index (χ2n) is 8.91. The van der Waals surface area contributed by atoms with E-state index in [4.69, 9.17) is 4.74 Å². The number of benzene rings is 1. The highest BCUT2D eigenvalue weighted by atomic mass is 16.5. The van der Waals surface area contributed by atoms with E-state index in [1.165, 1.54) is 12.8 Å². The molecule has 30 heavy (non-hydrogen) atoms. The first-order valence-corrected chi connectivity index (χ1v) is 11.2. The first kappa shape index (κ1) is 20.9. The summed E-state index contributed by atoms with van der Waals surface area (Å²) in [5.41, 5.74) is 0.741. The maximum atomic E-state index is 13.6. The number of nitrogens with zero attached hydrogens (tertiary/aromatic N) is 2. The van der Waals surface area contributed by atoms with Crippen molar-refractivity contribution in [3.05, 3.63) is 36.0 Å². The van der Waals surface area contributed by atoms with Crippen LogP contribution in [0.1, 0.15) is 62.4 Å². The van der Waals surface area contributed by atoms with Gasteiger partial charge in [0.2, 0.25) is 5.91 Å². The number of para-hydroxylation sites is 1. The van der Waals surface area contributed by atoms with Gasteiger partial charge in [-0.3, -0.25) is 9.59 Å². The van der Waals surface area contributed by atoms with E-state index in [0.717, 1.165) is 36.6 Å². The predicted octanol–water partition coefficient (Wildman–Crippen LogP) is 3.73. The summed E-state index contributed by atoms with van der Waals surface area (Å²) in [5.74, 6) is -0.115. The average molecular weight is 412 g/mol. The monoisotopic (exact) mass is 411 g/mol. The minimum absolute atomic E-state index is 0.0383. The number of aromatic nitrogens is 1. The Morgan fingerprint density at radius 2 is 1.93 bits per heavy atom. The van der Waals surface area contributed by atoms with Gasteiger partial charge in [-0.25, -0.2) is 0 Å². The van der Waals surface area contributed by atoms with Crippen molar-refractivity contribution >= 4 is 22.7 Å². The number of hydrogen-bond acceptors (Lipinski definition) is 3. The maximum absolute atomic E-state index is 13.6. The van der Waals surface area contributed by atoms with E-state index in [2.05, 4.69) is 5.32 Å². The van der Waals surface area contributed by atoms with Gasteiger partial charge in [0.05, 0.1) is 6.54 Å². The summed E-state index contributed by atoms with van der Waals surface area (Å²) < 4.78 is 7.23. The van der Waals surface area contributed by atoms with Crippen molar-refractivity contribution < 1.29 is 14.3 Å². The number of ether oxygens (including phenoxy) is 1. The molecule has 6 heteroatoms. The van der Waals surface area contributed by atoms with E-state index in [-0.39, 0.29) is 17.9 Å². The van der Waals surface area contributed by atoms with E-state index >= 15 is 0 Å². The van der Waals surface area contributed by atoms with Crippen molar-refractivity contribution in [1.82, 2.24) is 14.8 Å². The topological polar surface area (TPSA) is 63.6 Å². The Morgan fingerprint density at radius 3 is 2.67 bits per heavy atom.